The van der Waals surface area contributed by atoms with Crippen LogP contribution in [0.5, 0.6) is 0 Å². The zero-order valence-corrected chi connectivity index (χ0v) is 13.4. The van der Waals surface area contributed by atoms with Crippen LogP contribution in [-0.2, 0) is 4.79 Å². The summed E-state index contributed by atoms with van der Waals surface area (Å²) in [5.41, 5.74) is 1.80. The molecular weight excluding hydrogens is 302 g/mol. The van der Waals surface area contributed by atoms with Crippen molar-refractivity contribution in [2.75, 3.05) is 23.7 Å². The van der Waals surface area contributed by atoms with Gasteiger partial charge in [0.05, 0.1) is 17.3 Å². The molecule has 0 bridgehead atoms. The van der Waals surface area contributed by atoms with E-state index >= 15 is 0 Å². The highest BCUT2D eigenvalue weighted by molar-refractivity contribution is 6.07. The fourth-order valence-corrected chi connectivity index (χ4v) is 2.80. The minimum absolute atomic E-state index is 0.0105. The number of amides is 2. The van der Waals surface area contributed by atoms with Gasteiger partial charge in [-0.2, -0.15) is 0 Å². The fourth-order valence-electron chi connectivity index (χ4n) is 2.80. The number of rotatable bonds is 4. The third-order valence-corrected chi connectivity index (χ3v) is 4.14. The first-order valence-electron chi connectivity index (χ1n) is 8.21. The molecule has 124 valence electrons. The van der Waals surface area contributed by atoms with Crippen LogP contribution >= 0.6 is 0 Å². The van der Waals surface area contributed by atoms with Gasteiger partial charge in [0, 0.05) is 12.1 Å². The number of hydrogen-bond acceptors (Lipinski definition) is 3. The summed E-state index contributed by atoms with van der Waals surface area (Å²) in [6.07, 6.45) is 1.89. The van der Waals surface area contributed by atoms with E-state index in [2.05, 4.69) is 16.0 Å². The summed E-state index contributed by atoms with van der Waals surface area (Å²) in [4.78, 5) is 24.7. The van der Waals surface area contributed by atoms with Crippen molar-refractivity contribution in [3.05, 3.63) is 60.2 Å². The monoisotopic (exact) mass is 323 g/mol. The second kappa shape index (κ2) is 7.75. The lowest BCUT2D eigenvalue weighted by molar-refractivity contribution is -0.120. The first-order valence-corrected chi connectivity index (χ1v) is 8.21. The summed E-state index contributed by atoms with van der Waals surface area (Å²) >= 11 is 0. The summed E-state index contributed by atoms with van der Waals surface area (Å²) < 4.78 is 0. The highest BCUT2D eigenvalue weighted by Crippen LogP contribution is 2.23. The smallest absolute Gasteiger partial charge is 0.255 e. The van der Waals surface area contributed by atoms with Crippen LogP contribution in [0.3, 0.4) is 0 Å². The van der Waals surface area contributed by atoms with Gasteiger partial charge >= 0.3 is 0 Å². The second-order valence-electron chi connectivity index (χ2n) is 5.90. The first kappa shape index (κ1) is 16.2. The molecule has 1 aliphatic heterocycles. The molecule has 1 atom stereocenters. The van der Waals surface area contributed by atoms with Crippen LogP contribution in [0.2, 0.25) is 0 Å². The molecule has 2 aromatic carbocycles. The van der Waals surface area contributed by atoms with Crippen molar-refractivity contribution in [1.82, 2.24) is 5.32 Å². The van der Waals surface area contributed by atoms with E-state index in [0.717, 1.165) is 19.4 Å². The fraction of sp³-hybridized carbons (Fsp3) is 0.263. The maximum Gasteiger partial charge on any atom is 0.255 e. The number of hydrogen-bond donors (Lipinski definition) is 3. The van der Waals surface area contributed by atoms with E-state index in [4.69, 9.17) is 0 Å². The van der Waals surface area contributed by atoms with E-state index in [1.54, 1.807) is 24.3 Å². The van der Waals surface area contributed by atoms with Crippen molar-refractivity contribution in [2.45, 2.75) is 12.8 Å². The summed E-state index contributed by atoms with van der Waals surface area (Å²) in [7, 11) is 0. The Labute approximate surface area is 141 Å². The molecule has 0 radical (unpaired) electrons. The van der Waals surface area contributed by atoms with E-state index < -0.39 is 0 Å². The van der Waals surface area contributed by atoms with Crippen LogP contribution in [0.25, 0.3) is 0 Å². The molecule has 2 aromatic rings. The lowest BCUT2D eigenvalue weighted by Crippen LogP contribution is -2.37. The third-order valence-electron chi connectivity index (χ3n) is 4.14. The number of carbonyl (C=O) groups is 2. The van der Waals surface area contributed by atoms with Crippen molar-refractivity contribution >= 4 is 23.2 Å². The molecule has 5 nitrogen and oxygen atoms in total. The molecular formula is C19H21N3O2. The lowest BCUT2D eigenvalue weighted by Gasteiger charge is -2.22. The van der Waals surface area contributed by atoms with Gasteiger partial charge in [0.25, 0.3) is 5.91 Å². The number of benzene rings is 2. The van der Waals surface area contributed by atoms with Gasteiger partial charge in [-0.3, -0.25) is 9.59 Å². The molecule has 1 heterocycles. The van der Waals surface area contributed by atoms with Gasteiger partial charge in [-0.15, -0.1) is 0 Å². The maximum atomic E-state index is 12.4. The highest BCUT2D eigenvalue weighted by atomic mass is 16.2. The van der Waals surface area contributed by atoms with Crippen molar-refractivity contribution in [3.63, 3.8) is 0 Å². The molecule has 0 saturated carbocycles. The zero-order chi connectivity index (χ0) is 16.8. The minimum Gasteiger partial charge on any atom is -0.324 e. The molecule has 1 aliphatic rings. The molecule has 0 aliphatic carbocycles. The first-order chi connectivity index (χ1) is 11.7. The number of anilines is 2. The summed E-state index contributed by atoms with van der Waals surface area (Å²) in [5, 5.41) is 9.05. The van der Waals surface area contributed by atoms with Crippen LogP contribution in [0.4, 0.5) is 11.4 Å². The van der Waals surface area contributed by atoms with Crippen molar-refractivity contribution in [2.24, 2.45) is 5.92 Å². The normalized spacial score (nSPS) is 17.1. The minimum atomic E-state index is -0.198. The predicted molar refractivity (Wildman–Crippen MR) is 95.1 cm³/mol. The Morgan fingerprint density at radius 1 is 0.917 bits per heavy atom. The average Bonchev–Trinajstić information content (AvgIpc) is 2.64. The number of carbonyl (C=O) groups excluding carboxylic acids is 2. The van der Waals surface area contributed by atoms with Gasteiger partial charge in [-0.25, -0.2) is 0 Å². The Hall–Kier alpha value is -2.66. The molecule has 3 rings (SSSR count). The third kappa shape index (κ3) is 4.00. The van der Waals surface area contributed by atoms with Crippen LogP contribution < -0.4 is 16.0 Å². The quantitative estimate of drug-likeness (QED) is 0.810. The Kier molecular flexibility index (Phi) is 5.23. The van der Waals surface area contributed by atoms with Crippen molar-refractivity contribution < 1.29 is 9.59 Å². The standard InChI is InChI=1S/C19H21N3O2/c23-18(14-7-2-1-3-8-14)21-16-10-4-5-11-17(16)22-19(24)15-9-6-12-20-13-15/h1-5,7-8,10-11,15,20H,6,9,12-13H2,(H,21,23)(H,22,24). The summed E-state index contributed by atoms with van der Waals surface area (Å²) in [5.74, 6) is -0.239. The molecule has 1 unspecified atom stereocenters. The highest BCUT2D eigenvalue weighted by Gasteiger charge is 2.21. The molecule has 0 aromatic heterocycles. The van der Waals surface area contributed by atoms with Crippen LogP contribution in [0, 0.1) is 5.92 Å². The van der Waals surface area contributed by atoms with Crippen LogP contribution in [-0.4, -0.2) is 24.9 Å². The molecule has 2 amide bonds. The topological polar surface area (TPSA) is 70.2 Å². The molecule has 24 heavy (non-hydrogen) atoms. The van der Waals surface area contributed by atoms with Gasteiger partial charge < -0.3 is 16.0 Å². The molecule has 3 N–H and O–H groups in total. The Morgan fingerprint density at radius 2 is 1.58 bits per heavy atom. The summed E-state index contributed by atoms with van der Waals surface area (Å²) in [6, 6.07) is 16.3. The molecule has 1 saturated heterocycles. The number of para-hydroxylation sites is 2. The molecule has 5 heteroatoms. The summed E-state index contributed by atoms with van der Waals surface area (Å²) in [6.45, 7) is 1.66. The maximum absolute atomic E-state index is 12.4. The predicted octanol–water partition coefficient (Wildman–Crippen LogP) is 2.88. The van der Waals surface area contributed by atoms with Crippen molar-refractivity contribution in [3.8, 4) is 0 Å². The van der Waals surface area contributed by atoms with Crippen LogP contribution in [0.15, 0.2) is 54.6 Å². The van der Waals surface area contributed by atoms with Gasteiger partial charge in [-0.1, -0.05) is 30.3 Å². The second-order valence-corrected chi connectivity index (χ2v) is 5.90. The largest absolute Gasteiger partial charge is 0.324 e. The van der Waals surface area contributed by atoms with E-state index in [9.17, 15) is 9.59 Å². The Morgan fingerprint density at radius 3 is 2.25 bits per heavy atom. The van der Waals surface area contributed by atoms with E-state index in [-0.39, 0.29) is 17.7 Å². The Balaban J connectivity index is 1.71. The van der Waals surface area contributed by atoms with Gasteiger partial charge in [-0.05, 0) is 43.7 Å². The van der Waals surface area contributed by atoms with E-state index in [1.807, 2.05) is 30.3 Å². The van der Waals surface area contributed by atoms with Crippen molar-refractivity contribution in [1.29, 1.82) is 0 Å². The van der Waals surface area contributed by atoms with Gasteiger partial charge in [0.1, 0.15) is 0 Å². The van der Waals surface area contributed by atoms with Gasteiger partial charge in [0.15, 0.2) is 0 Å². The average molecular weight is 323 g/mol. The van der Waals surface area contributed by atoms with E-state index in [1.165, 1.54) is 0 Å². The SMILES string of the molecule is O=C(Nc1ccccc1NC(=O)C1CCCNC1)c1ccccc1. The van der Waals surface area contributed by atoms with Gasteiger partial charge in [0.2, 0.25) is 5.91 Å². The molecule has 1 fully saturated rings. The number of piperidine rings is 1. The Bertz CT molecular complexity index is 710. The lowest BCUT2D eigenvalue weighted by atomic mass is 9.99. The van der Waals surface area contributed by atoms with Crippen LogP contribution in [0.1, 0.15) is 23.2 Å². The molecule has 0 spiro atoms. The zero-order valence-electron chi connectivity index (χ0n) is 13.4. The van der Waals surface area contributed by atoms with E-state index in [0.29, 0.717) is 23.5 Å². The number of nitrogens with one attached hydrogen (secondary N) is 3.